The van der Waals surface area contributed by atoms with E-state index < -0.39 is 0 Å². The van der Waals surface area contributed by atoms with Gasteiger partial charge in [0, 0.05) is 25.6 Å². The Morgan fingerprint density at radius 3 is 2.79 bits per heavy atom. The Balaban J connectivity index is 1.54. The van der Waals surface area contributed by atoms with E-state index in [0.29, 0.717) is 23.3 Å². The van der Waals surface area contributed by atoms with Gasteiger partial charge in [-0.15, -0.1) is 0 Å². The van der Waals surface area contributed by atoms with Crippen molar-refractivity contribution in [3.05, 3.63) is 0 Å². The van der Waals surface area contributed by atoms with Gasteiger partial charge in [-0.1, -0.05) is 0 Å². The standard InChI is InChI=1S/C10H17N3O/c14-9(13-7-4-12-5-7)8-3-10(8)1-2-11-6-10/h7-8,11-12H,1-6H2,(H,13,14). The summed E-state index contributed by atoms with van der Waals surface area (Å²) in [5, 5.41) is 9.61. The molecule has 1 aliphatic carbocycles. The summed E-state index contributed by atoms with van der Waals surface area (Å²) in [6, 6.07) is 0.398. The Kier molecular flexibility index (Phi) is 1.82. The molecule has 78 valence electrons. The van der Waals surface area contributed by atoms with Crippen molar-refractivity contribution in [2.24, 2.45) is 11.3 Å². The molecule has 4 heteroatoms. The van der Waals surface area contributed by atoms with Crippen LogP contribution in [0.3, 0.4) is 0 Å². The third-order valence-corrected chi connectivity index (χ3v) is 3.91. The van der Waals surface area contributed by atoms with Crippen molar-refractivity contribution in [1.29, 1.82) is 0 Å². The van der Waals surface area contributed by atoms with E-state index in [1.165, 1.54) is 6.42 Å². The molecule has 14 heavy (non-hydrogen) atoms. The molecule has 1 amide bonds. The summed E-state index contributed by atoms with van der Waals surface area (Å²) in [6.07, 6.45) is 2.29. The third kappa shape index (κ3) is 1.25. The topological polar surface area (TPSA) is 53.2 Å². The van der Waals surface area contributed by atoms with E-state index in [2.05, 4.69) is 16.0 Å². The summed E-state index contributed by atoms with van der Waals surface area (Å²) < 4.78 is 0. The normalized spacial score (nSPS) is 41.0. The summed E-state index contributed by atoms with van der Waals surface area (Å²) in [5.41, 5.74) is 0.348. The molecule has 0 radical (unpaired) electrons. The lowest BCUT2D eigenvalue weighted by Gasteiger charge is -2.28. The van der Waals surface area contributed by atoms with Gasteiger partial charge in [0.2, 0.25) is 5.91 Å². The van der Waals surface area contributed by atoms with Crippen molar-refractivity contribution in [3.8, 4) is 0 Å². The Morgan fingerprint density at radius 1 is 1.36 bits per heavy atom. The quantitative estimate of drug-likeness (QED) is 0.534. The van der Waals surface area contributed by atoms with Gasteiger partial charge in [-0.25, -0.2) is 0 Å². The van der Waals surface area contributed by atoms with E-state index in [-0.39, 0.29) is 0 Å². The van der Waals surface area contributed by atoms with Crippen molar-refractivity contribution < 1.29 is 4.79 Å². The molecule has 2 atom stereocenters. The second-order valence-corrected chi connectivity index (χ2v) is 4.91. The van der Waals surface area contributed by atoms with Crippen molar-refractivity contribution in [3.63, 3.8) is 0 Å². The molecule has 2 heterocycles. The molecule has 3 N–H and O–H groups in total. The van der Waals surface area contributed by atoms with Crippen LogP contribution < -0.4 is 16.0 Å². The Bertz CT molecular complexity index is 256. The van der Waals surface area contributed by atoms with E-state index >= 15 is 0 Å². The van der Waals surface area contributed by atoms with E-state index in [1.54, 1.807) is 0 Å². The van der Waals surface area contributed by atoms with Crippen LogP contribution in [0.1, 0.15) is 12.8 Å². The third-order valence-electron chi connectivity index (χ3n) is 3.91. The number of rotatable bonds is 2. The lowest BCUT2D eigenvalue weighted by molar-refractivity contribution is -0.124. The molecule has 4 nitrogen and oxygen atoms in total. The molecule has 0 aromatic rings. The molecule has 1 saturated carbocycles. The van der Waals surface area contributed by atoms with Crippen LogP contribution in [0, 0.1) is 11.3 Å². The van der Waals surface area contributed by atoms with Crippen LogP contribution in [0.4, 0.5) is 0 Å². The number of hydrogen-bond acceptors (Lipinski definition) is 3. The smallest absolute Gasteiger partial charge is 0.224 e. The highest BCUT2D eigenvalue weighted by Crippen LogP contribution is 2.56. The van der Waals surface area contributed by atoms with E-state index in [1.807, 2.05) is 0 Å². The molecular weight excluding hydrogens is 178 g/mol. The highest BCUT2D eigenvalue weighted by Gasteiger charge is 2.59. The Hall–Kier alpha value is -0.610. The van der Waals surface area contributed by atoms with E-state index in [9.17, 15) is 4.79 Å². The largest absolute Gasteiger partial charge is 0.351 e. The van der Waals surface area contributed by atoms with Gasteiger partial charge >= 0.3 is 0 Å². The SMILES string of the molecule is O=C(NC1CNC1)C1CC12CCNC2. The van der Waals surface area contributed by atoms with E-state index in [0.717, 1.165) is 32.6 Å². The highest BCUT2D eigenvalue weighted by molar-refractivity contribution is 5.83. The Labute approximate surface area is 83.8 Å². The summed E-state index contributed by atoms with van der Waals surface area (Å²) >= 11 is 0. The van der Waals surface area contributed by atoms with Crippen molar-refractivity contribution in [1.82, 2.24) is 16.0 Å². The fourth-order valence-electron chi connectivity index (χ4n) is 2.65. The fourth-order valence-corrected chi connectivity index (χ4v) is 2.65. The Morgan fingerprint density at radius 2 is 2.21 bits per heavy atom. The zero-order chi connectivity index (χ0) is 9.60. The molecule has 2 unspecified atom stereocenters. The van der Waals surface area contributed by atoms with Crippen LogP contribution in [0.25, 0.3) is 0 Å². The summed E-state index contributed by atoms with van der Waals surface area (Å²) in [4.78, 5) is 11.8. The lowest BCUT2D eigenvalue weighted by atomic mass is 10.0. The summed E-state index contributed by atoms with van der Waals surface area (Å²) in [7, 11) is 0. The van der Waals surface area contributed by atoms with Crippen LogP contribution in [-0.4, -0.2) is 38.1 Å². The molecule has 1 spiro atoms. The maximum absolute atomic E-state index is 11.8. The molecule has 2 aliphatic heterocycles. The number of nitrogens with one attached hydrogen (secondary N) is 3. The van der Waals surface area contributed by atoms with Gasteiger partial charge < -0.3 is 16.0 Å². The molecular formula is C10H17N3O. The zero-order valence-corrected chi connectivity index (χ0v) is 8.31. The second-order valence-electron chi connectivity index (χ2n) is 4.91. The fraction of sp³-hybridized carbons (Fsp3) is 0.900. The second kappa shape index (κ2) is 2.94. The van der Waals surface area contributed by atoms with Crippen LogP contribution in [-0.2, 0) is 4.79 Å². The first kappa shape index (κ1) is 8.68. The minimum atomic E-state index is 0.292. The number of amides is 1. The van der Waals surface area contributed by atoms with Gasteiger partial charge in [-0.3, -0.25) is 4.79 Å². The summed E-state index contributed by atoms with van der Waals surface area (Å²) in [5.74, 6) is 0.596. The first-order chi connectivity index (χ1) is 6.80. The molecule has 3 fully saturated rings. The highest BCUT2D eigenvalue weighted by atomic mass is 16.2. The molecule has 0 aromatic carbocycles. The molecule has 3 rings (SSSR count). The molecule has 0 aromatic heterocycles. The van der Waals surface area contributed by atoms with Crippen LogP contribution in [0.5, 0.6) is 0 Å². The molecule has 2 saturated heterocycles. The van der Waals surface area contributed by atoms with Crippen LogP contribution in [0.2, 0.25) is 0 Å². The predicted molar refractivity (Wildman–Crippen MR) is 52.8 cm³/mol. The summed E-state index contributed by atoms with van der Waals surface area (Å²) in [6.45, 7) is 4.04. The van der Waals surface area contributed by atoms with Crippen molar-refractivity contribution >= 4 is 5.91 Å². The van der Waals surface area contributed by atoms with Crippen molar-refractivity contribution in [2.45, 2.75) is 18.9 Å². The first-order valence-corrected chi connectivity index (χ1v) is 5.52. The maximum atomic E-state index is 11.8. The van der Waals surface area contributed by atoms with Crippen LogP contribution >= 0.6 is 0 Å². The van der Waals surface area contributed by atoms with Gasteiger partial charge in [0.25, 0.3) is 0 Å². The molecule has 0 bridgehead atoms. The van der Waals surface area contributed by atoms with Gasteiger partial charge in [-0.05, 0) is 24.8 Å². The predicted octanol–water partition coefficient (Wildman–Crippen LogP) is -0.926. The maximum Gasteiger partial charge on any atom is 0.224 e. The van der Waals surface area contributed by atoms with Gasteiger partial charge in [0.05, 0.1) is 6.04 Å². The lowest BCUT2D eigenvalue weighted by Crippen LogP contribution is -2.57. The zero-order valence-electron chi connectivity index (χ0n) is 8.31. The van der Waals surface area contributed by atoms with Gasteiger partial charge in [-0.2, -0.15) is 0 Å². The van der Waals surface area contributed by atoms with Crippen molar-refractivity contribution in [2.75, 3.05) is 26.2 Å². The number of carbonyl (C=O) groups is 1. The number of hydrogen-bond donors (Lipinski definition) is 3. The average molecular weight is 195 g/mol. The van der Waals surface area contributed by atoms with Crippen LogP contribution in [0.15, 0.2) is 0 Å². The monoisotopic (exact) mass is 195 g/mol. The van der Waals surface area contributed by atoms with Gasteiger partial charge in [0.15, 0.2) is 0 Å². The minimum Gasteiger partial charge on any atom is -0.351 e. The first-order valence-electron chi connectivity index (χ1n) is 5.52. The average Bonchev–Trinajstić information content (AvgIpc) is 2.57. The van der Waals surface area contributed by atoms with Gasteiger partial charge in [0.1, 0.15) is 0 Å². The number of carbonyl (C=O) groups excluding carboxylic acids is 1. The van der Waals surface area contributed by atoms with E-state index in [4.69, 9.17) is 0 Å². The molecule has 3 aliphatic rings. The minimum absolute atomic E-state index is 0.292.